The van der Waals surface area contributed by atoms with Gasteiger partial charge in [-0.05, 0) is 60.6 Å². The first-order valence-electron chi connectivity index (χ1n) is 11.1. The van der Waals surface area contributed by atoms with Crippen LogP contribution in [0, 0.1) is 0 Å². The lowest BCUT2D eigenvalue weighted by Crippen LogP contribution is -2.07. The summed E-state index contributed by atoms with van der Waals surface area (Å²) in [7, 11) is -1.91. The number of imidazole rings is 1. The molecule has 1 aromatic carbocycles. The lowest BCUT2D eigenvalue weighted by atomic mass is 10.1. The van der Waals surface area contributed by atoms with E-state index in [2.05, 4.69) is 27.6 Å². The van der Waals surface area contributed by atoms with Crippen LogP contribution in [0.5, 0.6) is 5.75 Å². The van der Waals surface area contributed by atoms with E-state index in [1.807, 2.05) is 16.7 Å². The summed E-state index contributed by atoms with van der Waals surface area (Å²) in [6.07, 6.45) is 9.70. The molecule has 1 aliphatic rings. The Morgan fingerprint density at radius 3 is 2.71 bits per heavy atom. The fourth-order valence-corrected chi connectivity index (χ4v) is 5.03. The van der Waals surface area contributed by atoms with E-state index in [0.29, 0.717) is 23.8 Å². The molecular weight excluding hydrogens is 454 g/mol. The molecule has 1 fully saturated rings. The average Bonchev–Trinajstić information content (AvgIpc) is 3.43. The zero-order valence-electron chi connectivity index (χ0n) is 19.0. The zero-order chi connectivity index (χ0) is 23.9. The molecular formula is C24H25N5O4S. The molecule has 9 nitrogen and oxygen atoms in total. The van der Waals surface area contributed by atoms with Crippen molar-refractivity contribution in [2.75, 3.05) is 13.4 Å². The van der Waals surface area contributed by atoms with Crippen LogP contribution in [0.15, 0.2) is 53.8 Å². The van der Waals surface area contributed by atoms with E-state index in [-0.39, 0.29) is 29.2 Å². The third kappa shape index (κ3) is 4.72. The molecule has 0 spiro atoms. The zero-order valence-corrected chi connectivity index (χ0v) is 19.8. The topological polar surface area (TPSA) is 108 Å². The number of aryl methyl sites for hydroxylation is 1. The van der Waals surface area contributed by atoms with Crippen LogP contribution in [0.4, 0.5) is 0 Å². The van der Waals surface area contributed by atoms with Crippen molar-refractivity contribution in [2.24, 2.45) is 0 Å². The molecule has 0 radical (unpaired) electrons. The standard InChI is InChI=1S/C24H25N5O4S/c1-33-20-7-9-23(34(2,31)32)17(11-20)5-8-22(30)21-15-29(27-26-21)14-19-13-28-12-18(16-3-4-16)6-10-24(28)25-19/h6-7,9-13,15-16H,3-5,8,14H2,1-2H3. The number of aromatic nitrogens is 5. The summed E-state index contributed by atoms with van der Waals surface area (Å²) in [4.78, 5) is 17.6. The second-order valence-corrected chi connectivity index (χ2v) is 10.7. The number of carbonyl (C=O) groups is 1. The van der Waals surface area contributed by atoms with E-state index in [9.17, 15) is 13.2 Å². The Kier molecular flexibility index (Phi) is 5.68. The molecule has 34 heavy (non-hydrogen) atoms. The highest BCUT2D eigenvalue weighted by atomic mass is 32.2. The SMILES string of the molecule is COc1ccc(S(C)(=O)=O)c(CCC(=O)c2cn(Cc3cn4cc(C5CC5)ccc4n3)nn2)c1. The summed E-state index contributed by atoms with van der Waals surface area (Å²) in [5.41, 5.74) is 3.81. The summed E-state index contributed by atoms with van der Waals surface area (Å²) in [6.45, 7) is 0.398. The van der Waals surface area contributed by atoms with Gasteiger partial charge in [0.25, 0.3) is 0 Å². The van der Waals surface area contributed by atoms with Gasteiger partial charge in [-0.25, -0.2) is 18.1 Å². The molecule has 1 aliphatic carbocycles. The summed E-state index contributed by atoms with van der Waals surface area (Å²) in [6, 6.07) is 8.91. The summed E-state index contributed by atoms with van der Waals surface area (Å²) in [5.74, 6) is 1.000. The van der Waals surface area contributed by atoms with Gasteiger partial charge in [-0.2, -0.15) is 0 Å². The maximum Gasteiger partial charge on any atom is 0.185 e. The van der Waals surface area contributed by atoms with Gasteiger partial charge >= 0.3 is 0 Å². The number of ketones is 1. The minimum Gasteiger partial charge on any atom is -0.497 e. The van der Waals surface area contributed by atoms with Gasteiger partial charge in [-0.3, -0.25) is 4.79 Å². The van der Waals surface area contributed by atoms with Crippen molar-refractivity contribution in [3.63, 3.8) is 0 Å². The lowest BCUT2D eigenvalue weighted by Gasteiger charge is -2.09. The highest BCUT2D eigenvalue weighted by Gasteiger charge is 2.24. The van der Waals surface area contributed by atoms with Gasteiger partial charge in [0.1, 0.15) is 17.1 Å². The van der Waals surface area contributed by atoms with Crippen molar-refractivity contribution in [3.8, 4) is 5.75 Å². The van der Waals surface area contributed by atoms with Gasteiger partial charge in [0, 0.05) is 25.1 Å². The minimum atomic E-state index is -3.42. The fourth-order valence-electron chi connectivity index (χ4n) is 4.08. The summed E-state index contributed by atoms with van der Waals surface area (Å²) in [5, 5.41) is 8.09. The van der Waals surface area contributed by atoms with Crippen molar-refractivity contribution >= 4 is 21.3 Å². The van der Waals surface area contributed by atoms with Crippen LogP contribution < -0.4 is 4.74 Å². The smallest absolute Gasteiger partial charge is 0.185 e. The van der Waals surface area contributed by atoms with Gasteiger partial charge in [0.05, 0.1) is 30.4 Å². The molecule has 1 saturated carbocycles. The highest BCUT2D eigenvalue weighted by Crippen LogP contribution is 2.39. The third-order valence-electron chi connectivity index (χ3n) is 6.01. The number of Topliss-reactive ketones (excluding diaryl/α,β-unsaturated/α-hetero) is 1. The van der Waals surface area contributed by atoms with Crippen molar-refractivity contribution in [3.05, 3.63) is 71.4 Å². The molecule has 5 rings (SSSR count). The number of rotatable bonds is 9. The number of benzene rings is 1. The van der Waals surface area contributed by atoms with Gasteiger partial charge < -0.3 is 9.14 Å². The van der Waals surface area contributed by atoms with Gasteiger partial charge in [0.2, 0.25) is 0 Å². The van der Waals surface area contributed by atoms with E-state index >= 15 is 0 Å². The second kappa shape index (κ2) is 8.68. The molecule has 0 unspecified atom stereocenters. The molecule has 0 amide bonds. The highest BCUT2D eigenvalue weighted by molar-refractivity contribution is 7.90. The first-order valence-corrected chi connectivity index (χ1v) is 13.0. The van der Waals surface area contributed by atoms with Gasteiger partial charge in [0.15, 0.2) is 15.6 Å². The van der Waals surface area contributed by atoms with E-state index < -0.39 is 9.84 Å². The van der Waals surface area contributed by atoms with E-state index in [1.165, 1.54) is 31.6 Å². The molecule has 10 heteroatoms. The summed E-state index contributed by atoms with van der Waals surface area (Å²) < 4.78 is 33.0. The number of sulfone groups is 1. The number of pyridine rings is 1. The fraction of sp³-hybridized carbons (Fsp3) is 0.333. The second-order valence-electron chi connectivity index (χ2n) is 8.70. The first kappa shape index (κ1) is 22.3. The molecule has 0 atom stereocenters. The molecule has 176 valence electrons. The minimum absolute atomic E-state index is 0.104. The van der Waals surface area contributed by atoms with Crippen molar-refractivity contribution in [2.45, 2.75) is 43.0 Å². The third-order valence-corrected chi connectivity index (χ3v) is 7.21. The Hall–Kier alpha value is -3.53. The number of fused-ring (bicyclic) bond motifs is 1. The molecule has 0 bridgehead atoms. The molecule has 4 aromatic rings. The van der Waals surface area contributed by atoms with Crippen LogP contribution in [0.2, 0.25) is 0 Å². The van der Waals surface area contributed by atoms with Crippen molar-refractivity contribution in [1.82, 2.24) is 24.4 Å². The molecule has 3 aromatic heterocycles. The van der Waals surface area contributed by atoms with Crippen LogP contribution in [-0.4, -0.2) is 51.9 Å². The number of nitrogens with zero attached hydrogens (tertiary/aromatic N) is 5. The number of hydrogen-bond acceptors (Lipinski definition) is 7. The van der Waals surface area contributed by atoms with Crippen LogP contribution in [0.3, 0.4) is 0 Å². The number of methoxy groups -OCH3 is 1. The molecule has 0 N–H and O–H groups in total. The van der Waals surface area contributed by atoms with E-state index in [4.69, 9.17) is 4.74 Å². The Balaban J connectivity index is 1.27. The predicted octanol–water partition coefficient (Wildman–Crippen LogP) is 3.08. The maximum atomic E-state index is 12.7. The largest absolute Gasteiger partial charge is 0.497 e. The first-order chi connectivity index (χ1) is 16.3. The Morgan fingerprint density at radius 1 is 1.15 bits per heavy atom. The van der Waals surface area contributed by atoms with Gasteiger partial charge in [-0.1, -0.05) is 11.3 Å². The average molecular weight is 480 g/mol. The maximum absolute atomic E-state index is 12.7. The Labute approximate surface area is 197 Å². The lowest BCUT2D eigenvalue weighted by molar-refractivity contribution is 0.0977. The quantitative estimate of drug-likeness (QED) is 0.339. The van der Waals surface area contributed by atoms with Gasteiger partial charge in [-0.15, -0.1) is 5.10 Å². The Bertz CT molecular complexity index is 1480. The molecule has 0 saturated heterocycles. The van der Waals surface area contributed by atoms with E-state index in [0.717, 1.165) is 17.6 Å². The number of ether oxygens (including phenoxy) is 1. The predicted molar refractivity (Wildman–Crippen MR) is 125 cm³/mol. The monoisotopic (exact) mass is 479 g/mol. The summed E-state index contributed by atoms with van der Waals surface area (Å²) >= 11 is 0. The van der Waals surface area contributed by atoms with E-state index in [1.54, 1.807) is 23.0 Å². The van der Waals surface area contributed by atoms with Crippen LogP contribution >= 0.6 is 0 Å². The Morgan fingerprint density at radius 2 is 1.97 bits per heavy atom. The number of carbonyl (C=O) groups excluding carboxylic acids is 1. The van der Waals surface area contributed by atoms with Crippen molar-refractivity contribution < 1.29 is 17.9 Å². The van der Waals surface area contributed by atoms with Crippen molar-refractivity contribution in [1.29, 1.82) is 0 Å². The molecule has 0 aliphatic heterocycles. The van der Waals surface area contributed by atoms with Crippen LogP contribution in [0.25, 0.3) is 5.65 Å². The van der Waals surface area contributed by atoms with Crippen LogP contribution in [-0.2, 0) is 22.8 Å². The van der Waals surface area contributed by atoms with Crippen LogP contribution in [0.1, 0.15) is 52.5 Å². The number of hydrogen-bond donors (Lipinski definition) is 0. The normalized spacial score (nSPS) is 13.9. The molecule has 3 heterocycles.